The third-order valence-electron chi connectivity index (χ3n) is 2.52. The van der Waals surface area contributed by atoms with Crippen molar-refractivity contribution in [2.75, 3.05) is 6.26 Å². The molecular weight excluding hydrogens is 231 g/mol. The first-order valence-corrected chi connectivity index (χ1v) is 6.94. The van der Waals surface area contributed by atoms with Gasteiger partial charge in [0.1, 0.15) is 5.82 Å². The van der Waals surface area contributed by atoms with Gasteiger partial charge in [0.05, 0.1) is 11.4 Å². The van der Waals surface area contributed by atoms with Crippen molar-refractivity contribution in [2.45, 2.75) is 24.7 Å². The van der Waals surface area contributed by atoms with Crippen molar-refractivity contribution in [1.29, 1.82) is 0 Å². The van der Waals surface area contributed by atoms with E-state index in [2.05, 4.69) is 0 Å². The molecule has 1 aromatic rings. The predicted octanol–water partition coefficient (Wildman–Crippen LogP) is 1.68. The number of benzene rings is 1. The fraction of sp³-hybridized carbons (Fsp3) is 0.455. The topological polar surface area (TPSA) is 54.4 Å². The lowest BCUT2D eigenvalue weighted by Crippen LogP contribution is -2.26. The average molecular weight is 246 g/mol. The Morgan fingerprint density at radius 3 is 2.19 bits per heavy atom. The Morgan fingerprint density at radius 1 is 1.31 bits per heavy atom. The molecule has 0 aromatic heterocycles. The van der Waals surface area contributed by atoms with Crippen molar-refractivity contribution in [3.05, 3.63) is 35.6 Å². The number of halogens is 1. The van der Waals surface area contributed by atoms with E-state index < -0.39 is 27.0 Å². The highest BCUT2D eigenvalue weighted by Crippen LogP contribution is 2.24. The van der Waals surface area contributed by atoms with Gasteiger partial charge >= 0.3 is 0 Å². The lowest BCUT2D eigenvalue weighted by atomic mass is 10.1. The summed E-state index contributed by atoms with van der Waals surface area (Å²) in [6.45, 7) is 1.69. The molecule has 0 spiro atoms. The van der Waals surface area contributed by atoms with Crippen molar-refractivity contribution in [3.63, 3.8) is 0 Å². The number of hydrogen-bond acceptors (Lipinski definition) is 3. The van der Waals surface area contributed by atoms with Crippen LogP contribution < -0.4 is 0 Å². The fourth-order valence-electron chi connectivity index (χ4n) is 1.63. The smallest absolute Gasteiger partial charge is 0.153 e. The van der Waals surface area contributed by atoms with Gasteiger partial charge in [-0.1, -0.05) is 19.1 Å². The van der Waals surface area contributed by atoms with Crippen LogP contribution in [0.1, 0.15) is 25.0 Å². The molecule has 0 radical (unpaired) electrons. The van der Waals surface area contributed by atoms with Gasteiger partial charge in [-0.2, -0.15) is 0 Å². The van der Waals surface area contributed by atoms with Gasteiger partial charge in [-0.05, 0) is 24.1 Å². The predicted molar refractivity (Wildman–Crippen MR) is 60.3 cm³/mol. The molecule has 2 atom stereocenters. The molecule has 0 aliphatic rings. The number of aliphatic hydroxyl groups is 1. The second kappa shape index (κ2) is 4.93. The lowest BCUT2D eigenvalue weighted by Gasteiger charge is -2.20. The maximum Gasteiger partial charge on any atom is 0.153 e. The highest BCUT2D eigenvalue weighted by atomic mass is 32.2. The van der Waals surface area contributed by atoms with E-state index in [9.17, 15) is 17.9 Å². The molecular formula is C11H15FO3S. The molecule has 1 N–H and O–H groups in total. The standard InChI is InChI=1S/C11H15FO3S/c1-3-10(16(2,14)15)11(13)8-4-6-9(12)7-5-8/h4-7,10-11,13H,3H2,1-2H3/t10-,11-/m1/s1. The molecule has 1 aromatic carbocycles. The lowest BCUT2D eigenvalue weighted by molar-refractivity contribution is 0.169. The Hall–Kier alpha value is -0.940. The average Bonchev–Trinajstić information content (AvgIpc) is 2.17. The van der Waals surface area contributed by atoms with E-state index in [0.717, 1.165) is 6.26 Å². The zero-order chi connectivity index (χ0) is 12.3. The minimum absolute atomic E-state index is 0.317. The van der Waals surface area contributed by atoms with Gasteiger partial charge < -0.3 is 5.11 Å². The highest BCUT2D eigenvalue weighted by molar-refractivity contribution is 7.91. The summed E-state index contributed by atoms with van der Waals surface area (Å²) >= 11 is 0. The summed E-state index contributed by atoms with van der Waals surface area (Å²) in [7, 11) is -3.32. The van der Waals surface area contributed by atoms with E-state index in [1.807, 2.05) is 0 Å². The monoisotopic (exact) mass is 246 g/mol. The van der Waals surface area contributed by atoms with Crippen LogP contribution in [0.15, 0.2) is 24.3 Å². The molecule has 0 bridgehead atoms. The van der Waals surface area contributed by atoms with Crippen molar-refractivity contribution in [1.82, 2.24) is 0 Å². The molecule has 0 heterocycles. The minimum Gasteiger partial charge on any atom is -0.387 e. The van der Waals surface area contributed by atoms with Gasteiger partial charge in [-0.25, -0.2) is 12.8 Å². The van der Waals surface area contributed by atoms with Gasteiger partial charge in [0.2, 0.25) is 0 Å². The Balaban J connectivity index is 3.00. The number of sulfone groups is 1. The molecule has 0 unspecified atom stereocenters. The van der Waals surface area contributed by atoms with Gasteiger partial charge in [0, 0.05) is 6.26 Å². The Labute approximate surface area is 94.8 Å². The van der Waals surface area contributed by atoms with E-state index in [-0.39, 0.29) is 0 Å². The number of rotatable bonds is 4. The second-order valence-corrected chi connectivity index (χ2v) is 6.04. The maximum atomic E-state index is 12.7. The van der Waals surface area contributed by atoms with E-state index in [0.29, 0.717) is 12.0 Å². The zero-order valence-corrected chi connectivity index (χ0v) is 10.0. The summed E-state index contributed by atoms with van der Waals surface area (Å²) in [6.07, 6.45) is 0.297. The molecule has 0 fully saturated rings. The molecule has 3 nitrogen and oxygen atoms in total. The van der Waals surface area contributed by atoms with Crippen molar-refractivity contribution < 1.29 is 17.9 Å². The Kier molecular flexibility index (Phi) is 4.04. The van der Waals surface area contributed by atoms with Crippen LogP contribution >= 0.6 is 0 Å². The maximum absolute atomic E-state index is 12.7. The third-order valence-corrected chi connectivity index (χ3v) is 4.21. The summed E-state index contributed by atoms with van der Waals surface area (Å²) in [4.78, 5) is 0. The summed E-state index contributed by atoms with van der Waals surface area (Å²) in [5.41, 5.74) is 0.415. The molecule has 90 valence electrons. The van der Waals surface area contributed by atoms with Crippen LogP contribution in [0.4, 0.5) is 4.39 Å². The fourth-order valence-corrected chi connectivity index (χ4v) is 2.87. The summed E-state index contributed by atoms with van der Waals surface area (Å²) in [5.74, 6) is -0.414. The molecule has 0 aliphatic heterocycles. The van der Waals surface area contributed by atoms with Crippen LogP contribution in [0.2, 0.25) is 0 Å². The molecule has 0 aliphatic carbocycles. The Morgan fingerprint density at radius 2 is 1.81 bits per heavy atom. The molecule has 16 heavy (non-hydrogen) atoms. The van der Waals surface area contributed by atoms with Crippen LogP contribution in [0.5, 0.6) is 0 Å². The van der Waals surface area contributed by atoms with Crippen LogP contribution in [0.3, 0.4) is 0 Å². The van der Waals surface area contributed by atoms with Gasteiger partial charge in [0.25, 0.3) is 0 Å². The second-order valence-electron chi connectivity index (χ2n) is 3.77. The molecule has 0 saturated carbocycles. The SMILES string of the molecule is CC[C@H]([C@H](O)c1ccc(F)cc1)S(C)(=O)=O. The largest absolute Gasteiger partial charge is 0.387 e. The number of hydrogen-bond donors (Lipinski definition) is 1. The molecule has 0 saturated heterocycles. The molecule has 0 amide bonds. The first-order valence-electron chi connectivity index (χ1n) is 4.98. The highest BCUT2D eigenvalue weighted by Gasteiger charge is 2.28. The van der Waals surface area contributed by atoms with Crippen LogP contribution in [0.25, 0.3) is 0 Å². The van der Waals surface area contributed by atoms with Crippen LogP contribution in [-0.2, 0) is 9.84 Å². The zero-order valence-electron chi connectivity index (χ0n) is 9.22. The number of aliphatic hydroxyl groups excluding tert-OH is 1. The van der Waals surface area contributed by atoms with Crippen molar-refractivity contribution in [3.8, 4) is 0 Å². The normalized spacial score (nSPS) is 15.8. The third kappa shape index (κ3) is 3.02. The molecule has 5 heteroatoms. The van der Waals surface area contributed by atoms with Crippen LogP contribution in [0, 0.1) is 5.82 Å². The van der Waals surface area contributed by atoms with E-state index >= 15 is 0 Å². The van der Waals surface area contributed by atoms with E-state index in [4.69, 9.17) is 0 Å². The molecule has 1 rings (SSSR count). The van der Waals surface area contributed by atoms with Gasteiger partial charge in [-0.3, -0.25) is 0 Å². The van der Waals surface area contributed by atoms with Crippen molar-refractivity contribution in [2.24, 2.45) is 0 Å². The Bertz CT molecular complexity index is 439. The van der Waals surface area contributed by atoms with Gasteiger partial charge in [0.15, 0.2) is 9.84 Å². The summed E-state index contributed by atoms with van der Waals surface area (Å²) < 4.78 is 35.5. The minimum atomic E-state index is -3.32. The first-order chi connectivity index (χ1) is 7.36. The quantitative estimate of drug-likeness (QED) is 0.879. The summed E-state index contributed by atoms with van der Waals surface area (Å²) in [6, 6.07) is 5.20. The van der Waals surface area contributed by atoms with Crippen molar-refractivity contribution >= 4 is 9.84 Å². The summed E-state index contributed by atoms with van der Waals surface area (Å²) in [5, 5.41) is 9.06. The van der Waals surface area contributed by atoms with E-state index in [1.165, 1.54) is 24.3 Å². The van der Waals surface area contributed by atoms with Gasteiger partial charge in [-0.15, -0.1) is 0 Å². The first kappa shape index (κ1) is 13.1. The van der Waals surface area contributed by atoms with Crippen LogP contribution in [-0.4, -0.2) is 25.0 Å². The van der Waals surface area contributed by atoms with E-state index in [1.54, 1.807) is 6.92 Å².